The number of carbonyl (C=O) groups is 1. The second-order valence-electron chi connectivity index (χ2n) is 6.33. The fourth-order valence-corrected chi connectivity index (χ4v) is 3.72. The molecule has 1 aliphatic heterocycles. The Balaban J connectivity index is 1.57. The Kier molecular flexibility index (Phi) is 6.92. The summed E-state index contributed by atoms with van der Waals surface area (Å²) in [6.07, 6.45) is 0.867. The van der Waals surface area contributed by atoms with Gasteiger partial charge in [0.1, 0.15) is 0 Å². The highest BCUT2D eigenvalue weighted by Crippen LogP contribution is 2.35. The van der Waals surface area contributed by atoms with E-state index in [4.69, 9.17) is 18.9 Å². The van der Waals surface area contributed by atoms with Crippen LogP contribution >= 0.6 is 11.8 Å². The number of thioether (sulfide) groups is 1. The van der Waals surface area contributed by atoms with Crippen LogP contribution in [0.1, 0.15) is 18.9 Å². The lowest BCUT2D eigenvalue weighted by molar-refractivity contribution is -0.120. The van der Waals surface area contributed by atoms with Gasteiger partial charge in [0.25, 0.3) is 0 Å². The molecule has 0 aromatic heterocycles. The lowest BCUT2D eigenvalue weighted by atomic mass is 10.2. The van der Waals surface area contributed by atoms with Crippen molar-refractivity contribution in [1.82, 2.24) is 5.32 Å². The molecule has 1 unspecified atom stereocenters. The predicted molar refractivity (Wildman–Crippen MR) is 109 cm³/mol. The van der Waals surface area contributed by atoms with E-state index in [1.165, 1.54) is 11.8 Å². The zero-order valence-corrected chi connectivity index (χ0v) is 17.1. The van der Waals surface area contributed by atoms with Crippen LogP contribution in [0.2, 0.25) is 0 Å². The molecule has 28 heavy (non-hydrogen) atoms. The topological polar surface area (TPSA) is 66.0 Å². The molecule has 0 saturated carbocycles. The fraction of sp³-hybridized carbons (Fsp3) is 0.381. The smallest absolute Gasteiger partial charge is 0.233 e. The summed E-state index contributed by atoms with van der Waals surface area (Å²) in [5, 5.41) is 2.72. The van der Waals surface area contributed by atoms with Gasteiger partial charge in [-0.15, -0.1) is 11.8 Å². The van der Waals surface area contributed by atoms with Crippen molar-refractivity contribution in [1.29, 1.82) is 0 Å². The number of hydrogen-bond acceptors (Lipinski definition) is 6. The third-order valence-electron chi connectivity index (χ3n) is 4.32. The van der Waals surface area contributed by atoms with Crippen LogP contribution in [0.3, 0.4) is 0 Å². The number of hydrogen-bond donors (Lipinski definition) is 1. The molecule has 2 aromatic rings. The van der Waals surface area contributed by atoms with Crippen LogP contribution in [-0.4, -0.2) is 38.6 Å². The molecule has 7 heteroatoms. The van der Waals surface area contributed by atoms with E-state index in [9.17, 15) is 4.79 Å². The predicted octanol–water partition coefficient (Wildman–Crippen LogP) is 3.66. The lowest BCUT2D eigenvalue weighted by Gasteiger charge is -2.14. The van der Waals surface area contributed by atoms with Gasteiger partial charge in [-0.2, -0.15) is 0 Å². The molecule has 0 radical (unpaired) electrons. The number of benzene rings is 2. The van der Waals surface area contributed by atoms with Gasteiger partial charge in [0.15, 0.2) is 23.0 Å². The number of amides is 1. The molecule has 1 heterocycles. The number of ether oxygens (including phenoxy) is 4. The summed E-state index contributed by atoms with van der Waals surface area (Å²) >= 11 is 1.49. The number of rotatable bonds is 7. The van der Waals surface area contributed by atoms with Gasteiger partial charge in [-0.25, -0.2) is 0 Å². The summed E-state index contributed by atoms with van der Waals surface area (Å²) in [4.78, 5) is 13.5. The first-order chi connectivity index (χ1) is 13.6. The Morgan fingerprint density at radius 3 is 2.57 bits per heavy atom. The highest BCUT2D eigenvalue weighted by molar-refractivity contribution is 8.00. The standard InChI is InChI=1S/C21H25NO5S/c1-14(28-16-6-8-18-20(12-16)27-10-4-9-26-18)21(23)22-13-15-5-7-17(24-2)19(11-15)25-3/h5-8,11-12,14H,4,9-10,13H2,1-3H3,(H,22,23). The molecule has 1 atom stereocenters. The fourth-order valence-electron chi connectivity index (χ4n) is 2.80. The lowest BCUT2D eigenvalue weighted by Crippen LogP contribution is -2.30. The van der Waals surface area contributed by atoms with E-state index in [0.717, 1.165) is 28.4 Å². The van der Waals surface area contributed by atoms with Crippen LogP contribution in [0, 0.1) is 0 Å². The van der Waals surface area contributed by atoms with Crippen molar-refractivity contribution in [3.8, 4) is 23.0 Å². The van der Waals surface area contributed by atoms with E-state index in [2.05, 4.69) is 5.32 Å². The Morgan fingerprint density at radius 1 is 1.07 bits per heavy atom. The highest BCUT2D eigenvalue weighted by Gasteiger charge is 2.17. The highest BCUT2D eigenvalue weighted by atomic mass is 32.2. The van der Waals surface area contributed by atoms with Crippen molar-refractivity contribution >= 4 is 17.7 Å². The van der Waals surface area contributed by atoms with Gasteiger partial charge in [0, 0.05) is 17.9 Å². The molecular formula is C21H25NO5S. The average molecular weight is 404 g/mol. The normalized spacial score (nSPS) is 14.0. The molecule has 0 spiro atoms. The molecule has 3 rings (SSSR count). The van der Waals surface area contributed by atoms with Gasteiger partial charge < -0.3 is 24.3 Å². The minimum atomic E-state index is -0.245. The molecular weight excluding hydrogens is 378 g/mol. The van der Waals surface area contributed by atoms with E-state index < -0.39 is 0 Å². The molecule has 0 saturated heterocycles. The van der Waals surface area contributed by atoms with Crippen molar-refractivity contribution in [3.05, 3.63) is 42.0 Å². The summed E-state index contributed by atoms with van der Waals surface area (Å²) in [6.45, 7) is 3.61. The van der Waals surface area contributed by atoms with E-state index in [-0.39, 0.29) is 11.2 Å². The molecule has 150 valence electrons. The van der Waals surface area contributed by atoms with Gasteiger partial charge in [0.2, 0.25) is 5.91 Å². The van der Waals surface area contributed by atoms with Crippen molar-refractivity contribution in [2.45, 2.75) is 30.0 Å². The zero-order valence-electron chi connectivity index (χ0n) is 16.3. The maximum absolute atomic E-state index is 12.5. The Hall–Kier alpha value is -2.54. The first-order valence-corrected chi connectivity index (χ1v) is 10.0. The van der Waals surface area contributed by atoms with Crippen LogP contribution in [0.25, 0.3) is 0 Å². The third-order valence-corrected chi connectivity index (χ3v) is 5.41. The zero-order chi connectivity index (χ0) is 19.9. The van der Waals surface area contributed by atoms with Crippen LogP contribution in [0.15, 0.2) is 41.3 Å². The van der Waals surface area contributed by atoms with Gasteiger partial charge in [-0.3, -0.25) is 4.79 Å². The van der Waals surface area contributed by atoms with E-state index in [1.54, 1.807) is 14.2 Å². The Morgan fingerprint density at radius 2 is 1.82 bits per heavy atom. The third kappa shape index (κ3) is 5.04. The SMILES string of the molecule is COc1ccc(CNC(=O)C(C)Sc2ccc3c(c2)OCCCO3)cc1OC. The van der Waals surface area contributed by atoms with E-state index in [1.807, 2.05) is 43.3 Å². The van der Waals surface area contributed by atoms with E-state index >= 15 is 0 Å². The van der Waals surface area contributed by atoms with Gasteiger partial charge in [0.05, 0.1) is 32.7 Å². The molecule has 0 fully saturated rings. The number of carbonyl (C=O) groups excluding carboxylic acids is 1. The van der Waals surface area contributed by atoms with Gasteiger partial charge in [-0.1, -0.05) is 6.07 Å². The second kappa shape index (κ2) is 9.59. The molecule has 6 nitrogen and oxygen atoms in total. The van der Waals surface area contributed by atoms with Crippen LogP contribution in [0.5, 0.6) is 23.0 Å². The molecule has 2 aromatic carbocycles. The minimum Gasteiger partial charge on any atom is -0.493 e. The van der Waals surface area contributed by atoms with Crippen molar-refractivity contribution in [2.24, 2.45) is 0 Å². The Bertz CT molecular complexity index is 826. The molecule has 1 aliphatic rings. The molecule has 1 amide bonds. The van der Waals surface area contributed by atoms with Crippen LogP contribution < -0.4 is 24.3 Å². The quantitative estimate of drug-likeness (QED) is 0.712. The second-order valence-corrected chi connectivity index (χ2v) is 7.74. The number of methoxy groups -OCH3 is 2. The minimum absolute atomic E-state index is 0.0353. The molecule has 0 aliphatic carbocycles. The summed E-state index contributed by atoms with van der Waals surface area (Å²) in [7, 11) is 3.19. The summed E-state index contributed by atoms with van der Waals surface area (Å²) < 4.78 is 21.9. The summed E-state index contributed by atoms with van der Waals surface area (Å²) in [6, 6.07) is 11.4. The summed E-state index contributed by atoms with van der Waals surface area (Å²) in [5.74, 6) is 2.76. The van der Waals surface area contributed by atoms with Crippen LogP contribution in [0.4, 0.5) is 0 Å². The first kappa shape index (κ1) is 20.2. The van der Waals surface area contributed by atoms with Gasteiger partial charge >= 0.3 is 0 Å². The maximum atomic E-state index is 12.5. The number of nitrogens with one attached hydrogen (secondary N) is 1. The maximum Gasteiger partial charge on any atom is 0.233 e. The van der Waals surface area contributed by atoms with Crippen LogP contribution in [-0.2, 0) is 11.3 Å². The first-order valence-electron chi connectivity index (χ1n) is 9.15. The molecule has 1 N–H and O–H groups in total. The number of fused-ring (bicyclic) bond motifs is 1. The van der Waals surface area contributed by atoms with E-state index in [0.29, 0.717) is 31.3 Å². The molecule has 0 bridgehead atoms. The van der Waals surface area contributed by atoms with Gasteiger partial charge in [-0.05, 0) is 42.8 Å². The Labute approximate surface area is 169 Å². The van der Waals surface area contributed by atoms with Crippen molar-refractivity contribution < 1.29 is 23.7 Å². The largest absolute Gasteiger partial charge is 0.493 e. The average Bonchev–Trinajstić information content (AvgIpc) is 2.96. The van der Waals surface area contributed by atoms with Crippen molar-refractivity contribution in [2.75, 3.05) is 27.4 Å². The monoisotopic (exact) mass is 403 g/mol. The van der Waals surface area contributed by atoms with Crippen molar-refractivity contribution in [3.63, 3.8) is 0 Å². The summed E-state index contributed by atoms with van der Waals surface area (Å²) in [5.41, 5.74) is 0.943.